The summed E-state index contributed by atoms with van der Waals surface area (Å²) < 4.78 is 10.5. The molecule has 1 aromatic rings. The Hall–Kier alpha value is -2.14. The number of hydrogen-bond acceptors (Lipinski definition) is 4. The van der Waals surface area contributed by atoms with Gasteiger partial charge in [-0.3, -0.25) is 4.79 Å². The fourth-order valence-corrected chi connectivity index (χ4v) is 2.27. The molecule has 0 fully saturated rings. The molecule has 0 aliphatic rings. The van der Waals surface area contributed by atoms with E-state index in [4.69, 9.17) is 14.6 Å². The summed E-state index contributed by atoms with van der Waals surface area (Å²) in [6.07, 6.45) is 4.31. The summed E-state index contributed by atoms with van der Waals surface area (Å²) in [4.78, 5) is 22.2. The largest absolute Gasteiger partial charge is 0.478 e. The van der Waals surface area contributed by atoms with Gasteiger partial charge in [0.15, 0.2) is 0 Å². The number of carbonyl (C=O) groups excluding carboxylic acids is 1. The lowest BCUT2D eigenvalue weighted by molar-refractivity contribution is -0.143. The maximum atomic E-state index is 11.3. The van der Waals surface area contributed by atoms with Gasteiger partial charge in [0.2, 0.25) is 0 Å². The molecule has 1 aromatic carbocycles. The van der Waals surface area contributed by atoms with Crippen LogP contribution in [0.5, 0.6) is 0 Å². The first-order valence-corrected chi connectivity index (χ1v) is 8.31. The lowest BCUT2D eigenvalue weighted by atomic mass is 10.0. The molecule has 0 saturated carbocycles. The lowest BCUT2D eigenvalue weighted by Gasteiger charge is -2.08. The van der Waals surface area contributed by atoms with E-state index >= 15 is 0 Å². The van der Waals surface area contributed by atoms with E-state index in [2.05, 4.69) is 0 Å². The Morgan fingerprint density at radius 3 is 2.46 bits per heavy atom. The van der Waals surface area contributed by atoms with Crippen molar-refractivity contribution in [3.63, 3.8) is 0 Å². The zero-order valence-corrected chi connectivity index (χ0v) is 14.2. The summed E-state index contributed by atoms with van der Waals surface area (Å²) in [5, 5.41) is 8.94. The average Bonchev–Trinajstić information content (AvgIpc) is 2.56. The Labute approximate surface area is 143 Å². The Bertz CT molecular complexity index is 522. The van der Waals surface area contributed by atoms with Gasteiger partial charge < -0.3 is 14.6 Å². The van der Waals surface area contributed by atoms with Crippen molar-refractivity contribution < 1.29 is 24.2 Å². The highest BCUT2D eigenvalue weighted by atomic mass is 16.5. The van der Waals surface area contributed by atoms with Crippen molar-refractivity contribution >= 4 is 11.9 Å². The van der Waals surface area contributed by atoms with Crippen LogP contribution in [0.1, 0.15) is 44.6 Å². The van der Waals surface area contributed by atoms with Gasteiger partial charge in [-0.25, -0.2) is 4.79 Å². The average molecular weight is 334 g/mol. The molecule has 0 radical (unpaired) electrons. The SMILES string of the molecule is CCOC(=O)CCCC/C(=C/C(=O)O)CCOCc1ccccc1. The summed E-state index contributed by atoms with van der Waals surface area (Å²) in [5.74, 6) is -1.15. The normalized spacial score (nSPS) is 11.3. The minimum Gasteiger partial charge on any atom is -0.478 e. The highest BCUT2D eigenvalue weighted by Crippen LogP contribution is 2.14. The maximum Gasteiger partial charge on any atom is 0.328 e. The molecule has 1 rings (SSSR count). The van der Waals surface area contributed by atoms with Crippen molar-refractivity contribution in [2.24, 2.45) is 0 Å². The van der Waals surface area contributed by atoms with E-state index in [0.29, 0.717) is 45.5 Å². The minimum atomic E-state index is -0.946. The van der Waals surface area contributed by atoms with Crippen molar-refractivity contribution in [1.82, 2.24) is 0 Å². The molecule has 0 aromatic heterocycles. The molecule has 0 saturated heterocycles. The van der Waals surface area contributed by atoms with Gasteiger partial charge in [-0.05, 0) is 38.2 Å². The molecule has 0 amide bonds. The third kappa shape index (κ3) is 9.79. The Morgan fingerprint density at radius 2 is 1.79 bits per heavy atom. The molecule has 0 bridgehead atoms. The van der Waals surface area contributed by atoms with Crippen LogP contribution in [-0.4, -0.2) is 30.3 Å². The van der Waals surface area contributed by atoms with E-state index in [1.54, 1.807) is 6.92 Å². The first kappa shape index (κ1) is 19.9. The molecule has 0 unspecified atom stereocenters. The highest BCUT2D eigenvalue weighted by Gasteiger charge is 2.05. The second-order valence-corrected chi connectivity index (χ2v) is 5.44. The van der Waals surface area contributed by atoms with Gasteiger partial charge in [0.1, 0.15) is 0 Å². The lowest BCUT2D eigenvalue weighted by Crippen LogP contribution is -2.04. The van der Waals surface area contributed by atoms with Crippen molar-refractivity contribution in [3.05, 3.63) is 47.5 Å². The summed E-state index contributed by atoms with van der Waals surface area (Å²) in [6, 6.07) is 9.84. The van der Waals surface area contributed by atoms with E-state index in [-0.39, 0.29) is 5.97 Å². The van der Waals surface area contributed by atoms with Crippen LogP contribution in [0, 0.1) is 0 Å². The van der Waals surface area contributed by atoms with Gasteiger partial charge in [0, 0.05) is 12.5 Å². The quantitative estimate of drug-likeness (QED) is 0.358. The zero-order chi connectivity index (χ0) is 17.6. The van der Waals surface area contributed by atoms with Crippen LogP contribution >= 0.6 is 0 Å². The predicted octanol–water partition coefficient (Wildman–Crippen LogP) is 3.73. The number of aliphatic carboxylic acids is 1. The Balaban J connectivity index is 2.27. The molecule has 0 spiro atoms. The van der Waals surface area contributed by atoms with Crippen LogP contribution in [0.25, 0.3) is 0 Å². The highest BCUT2D eigenvalue weighted by molar-refractivity contribution is 5.80. The van der Waals surface area contributed by atoms with Gasteiger partial charge in [0.05, 0.1) is 19.8 Å². The third-order valence-electron chi connectivity index (χ3n) is 3.44. The van der Waals surface area contributed by atoms with Crippen LogP contribution in [-0.2, 0) is 25.7 Å². The van der Waals surface area contributed by atoms with E-state index in [1.807, 2.05) is 30.3 Å². The molecule has 0 aliphatic carbocycles. The van der Waals surface area contributed by atoms with Crippen LogP contribution in [0.15, 0.2) is 42.0 Å². The fourth-order valence-electron chi connectivity index (χ4n) is 2.27. The Kier molecular flexibility index (Phi) is 10.2. The molecule has 5 nitrogen and oxygen atoms in total. The molecule has 0 atom stereocenters. The molecular weight excluding hydrogens is 308 g/mol. The predicted molar refractivity (Wildman–Crippen MR) is 91.5 cm³/mol. The van der Waals surface area contributed by atoms with Gasteiger partial charge in [-0.2, -0.15) is 0 Å². The standard InChI is InChI=1S/C19H26O5/c1-2-24-19(22)11-7-6-8-16(14-18(20)21)12-13-23-15-17-9-4-3-5-10-17/h3-5,9-10,14H,2,6-8,11-13,15H2,1H3,(H,20,21)/b16-14-. The van der Waals surface area contributed by atoms with Crippen LogP contribution < -0.4 is 0 Å². The van der Waals surface area contributed by atoms with Gasteiger partial charge >= 0.3 is 11.9 Å². The maximum absolute atomic E-state index is 11.3. The number of carbonyl (C=O) groups is 2. The van der Waals surface area contributed by atoms with Crippen molar-refractivity contribution in [1.29, 1.82) is 0 Å². The number of unbranched alkanes of at least 4 members (excludes halogenated alkanes) is 1. The number of benzene rings is 1. The summed E-state index contributed by atoms with van der Waals surface area (Å²) in [5.41, 5.74) is 1.93. The number of esters is 1. The molecular formula is C19H26O5. The van der Waals surface area contributed by atoms with Crippen molar-refractivity contribution in [2.45, 2.75) is 45.6 Å². The minimum absolute atomic E-state index is 0.201. The molecule has 0 heterocycles. The molecule has 1 N–H and O–H groups in total. The van der Waals surface area contributed by atoms with Crippen molar-refractivity contribution in [2.75, 3.05) is 13.2 Å². The second-order valence-electron chi connectivity index (χ2n) is 5.44. The number of hydrogen-bond donors (Lipinski definition) is 1. The second kappa shape index (κ2) is 12.3. The van der Waals surface area contributed by atoms with Gasteiger partial charge in [0.25, 0.3) is 0 Å². The zero-order valence-electron chi connectivity index (χ0n) is 14.2. The van der Waals surface area contributed by atoms with E-state index in [1.165, 1.54) is 6.08 Å². The van der Waals surface area contributed by atoms with Crippen LogP contribution in [0.2, 0.25) is 0 Å². The number of carboxylic acids is 1. The van der Waals surface area contributed by atoms with Crippen molar-refractivity contribution in [3.8, 4) is 0 Å². The molecule has 132 valence electrons. The van der Waals surface area contributed by atoms with E-state index in [9.17, 15) is 9.59 Å². The smallest absolute Gasteiger partial charge is 0.328 e. The van der Waals surface area contributed by atoms with Crippen LogP contribution in [0.3, 0.4) is 0 Å². The first-order valence-electron chi connectivity index (χ1n) is 8.31. The monoisotopic (exact) mass is 334 g/mol. The number of ether oxygens (including phenoxy) is 2. The fraction of sp³-hybridized carbons (Fsp3) is 0.474. The summed E-state index contributed by atoms with van der Waals surface area (Å²) >= 11 is 0. The molecule has 5 heteroatoms. The third-order valence-corrected chi connectivity index (χ3v) is 3.44. The van der Waals surface area contributed by atoms with E-state index < -0.39 is 5.97 Å². The van der Waals surface area contributed by atoms with Crippen LogP contribution in [0.4, 0.5) is 0 Å². The summed E-state index contributed by atoms with van der Waals surface area (Å²) in [7, 11) is 0. The number of rotatable bonds is 12. The Morgan fingerprint density at radius 1 is 1.08 bits per heavy atom. The summed E-state index contributed by atoms with van der Waals surface area (Å²) in [6.45, 7) is 3.17. The topological polar surface area (TPSA) is 72.8 Å². The first-order chi connectivity index (χ1) is 11.6. The van der Waals surface area contributed by atoms with Gasteiger partial charge in [-0.1, -0.05) is 35.9 Å². The van der Waals surface area contributed by atoms with Gasteiger partial charge in [-0.15, -0.1) is 0 Å². The van der Waals surface area contributed by atoms with E-state index in [0.717, 1.165) is 17.6 Å². The number of carboxylic acid groups (broad SMARTS) is 1. The molecule has 0 aliphatic heterocycles. The molecule has 24 heavy (non-hydrogen) atoms.